The smallest absolute Gasteiger partial charge is 0.238 e. The molecule has 1 aromatic rings. The molecule has 1 saturated heterocycles. The van der Waals surface area contributed by atoms with E-state index in [4.69, 9.17) is 0 Å². The fourth-order valence-corrected chi connectivity index (χ4v) is 4.31. The van der Waals surface area contributed by atoms with Crippen LogP contribution in [0.15, 0.2) is 24.3 Å². The van der Waals surface area contributed by atoms with Gasteiger partial charge in [0.1, 0.15) is 0 Å². The van der Waals surface area contributed by atoms with Gasteiger partial charge in [0.25, 0.3) is 0 Å². The third-order valence-corrected chi connectivity index (χ3v) is 5.66. The van der Waals surface area contributed by atoms with E-state index in [0.29, 0.717) is 12.5 Å². The van der Waals surface area contributed by atoms with Crippen molar-refractivity contribution in [1.29, 1.82) is 0 Å². The van der Waals surface area contributed by atoms with Crippen LogP contribution >= 0.6 is 12.4 Å². The molecule has 140 valence electrons. The quantitative estimate of drug-likeness (QED) is 0.853. The number of amides is 1. The summed E-state index contributed by atoms with van der Waals surface area (Å²) >= 11 is 0. The molecule has 1 amide bonds. The Morgan fingerprint density at radius 2 is 1.96 bits per heavy atom. The number of para-hydroxylation sites is 1. The van der Waals surface area contributed by atoms with Crippen molar-refractivity contribution in [2.24, 2.45) is 0 Å². The molecule has 5 heteroatoms. The lowest BCUT2D eigenvalue weighted by molar-refractivity contribution is -0.120. The van der Waals surface area contributed by atoms with Gasteiger partial charge in [0.2, 0.25) is 5.91 Å². The standard InChI is InChI=1S/C20H31N3O.ClH/c1-16(2)17-8-4-5-9-18(17)22-19(24)14-23-13-12-21-15-20(23)10-6-3-7-11-20;/h4-5,8-9,16,21H,3,6-7,10-15H2,1-2H3,(H,22,24);1H. The van der Waals surface area contributed by atoms with Gasteiger partial charge >= 0.3 is 0 Å². The zero-order valence-electron chi connectivity index (χ0n) is 15.5. The Kier molecular flexibility index (Phi) is 7.29. The summed E-state index contributed by atoms with van der Waals surface area (Å²) in [5.74, 6) is 0.528. The summed E-state index contributed by atoms with van der Waals surface area (Å²) in [5.41, 5.74) is 2.37. The van der Waals surface area contributed by atoms with Crippen LogP contribution in [-0.2, 0) is 4.79 Å². The molecule has 1 aliphatic heterocycles. The predicted octanol–water partition coefficient (Wildman–Crippen LogP) is 3.78. The monoisotopic (exact) mass is 365 g/mol. The van der Waals surface area contributed by atoms with Crippen LogP contribution in [0.4, 0.5) is 5.69 Å². The molecule has 3 rings (SSSR count). The Hall–Kier alpha value is -1.10. The van der Waals surface area contributed by atoms with Crippen LogP contribution in [-0.4, -0.2) is 42.5 Å². The summed E-state index contributed by atoms with van der Waals surface area (Å²) in [6.45, 7) is 7.82. The molecule has 4 nitrogen and oxygen atoms in total. The zero-order chi connectivity index (χ0) is 17.0. The number of anilines is 1. The number of carbonyl (C=O) groups is 1. The van der Waals surface area contributed by atoms with Crippen LogP contribution in [0.2, 0.25) is 0 Å². The number of nitrogens with one attached hydrogen (secondary N) is 2. The summed E-state index contributed by atoms with van der Waals surface area (Å²) in [6.07, 6.45) is 6.35. The van der Waals surface area contributed by atoms with E-state index in [1.807, 2.05) is 18.2 Å². The van der Waals surface area contributed by atoms with Gasteiger partial charge in [-0.05, 0) is 30.4 Å². The average Bonchev–Trinajstić information content (AvgIpc) is 2.58. The summed E-state index contributed by atoms with van der Waals surface area (Å²) in [6, 6.07) is 8.16. The second-order valence-corrected chi connectivity index (χ2v) is 7.67. The normalized spacial score (nSPS) is 20.3. The molecule has 1 spiro atoms. The number of nitrogens with zero attached hydrogens (tertiary/aromatic N) is 1. The van der Waals surface area contributed by atoms with E-state index in [9.17, 15) is 4.79 Å². The molecule has 2 N–H and O–H groups in total. The first-order valence-corrected chi connectivity index (χ1v) is 9.45. The lowest BCUT2D eigenvalue weighted by Gasteiger charge is -2.49. The van der Waals surface area contributed by atoms with Crippen LogP contribution in [0.1, 0.15) is 57.4 Å². The Labute approximate surface area is 158 Å². The van der Waals surface area contributed by atoms with E-state index in [0.717, 1.165) is 25.3 Å². The topological polar surface area (TPSA) is 44.4 Å². The minimum Gasteiger partial charge on any atom is -0.325 e. The second-order valence-electron chi connectivity index (χ2n) is 7.67. The predicted molar refractivity (Wildman–Crippen MR) is 107 cm³/mol. The number of piperazine rings is 1. The first-order chi connectivity index (χ1) is 11.6. The molecule has 1 aliphatic carbocycles. The average molecular weight is 366 g/mol. The van der Waals surface area contributed by atoms with Crippen molar-refractivity contribution < 1.29 is 4.79 Å². The first-order valence-electron chi connectivity index (χ1n) is 9.45. The van der Waals surface area contributed by atoms with Gasteiger partial charge in [-0.25, -0.2) is 0 Å². The van der Waals surface area contributed by atoms with Gasteiger partial charge < -0.3 is 10.6 Å². The van der Waals surface area contributed by atoms with Crippen molar-refractivity contribution in [2.75, 3.05) is 31.5 Å². The molecule has 0 unspecified atom stereocenters. The molecule has 0 bridgehead atoms. The molecule has 2 aliphatic rings. The number of benzene rings is 1. The van der Waals surface area contributed by atoms with Crippen molar-refractivity contribution >= 4 is 24.0 Å². The number of hydrogen-bond donors (Lipinski definition) is 2. The Balaban J connectivity index is 0.00000225. The molecule has 25 heavy (non-hydrogen) atoms. The van der Waals surface area contributed by atoms with Crippen LogP contribution in [0, 0.1) is 0 Å². The van der Waals surface area contributed by atoms with Gasteiger partial charge in [0.05, 0.1) is 6.54 Å². The van der Waals surface area contributed by atoms with Crippen molar-refractivity contribution in [2.45, 2.75) is 57.4 Å². The summed E-state index contributed by atoms with van der Waals surface area (Å²) < 4.78 is 0. The van der Waals surface area contributed by atoms with Crippen LogP contribution < -0.4 is 10.6 Å². The maximum Gasteiger partial charge on any atom is 0.238 e. The Bertz CT molecular complexity index is 562. The van der Waals surface area contributed by atoms with E-state index in [2.05, 4.69) is 35.4 Å². The summed E-state index contributed by atoms with van der Waals surface area (Å²) in [4.78, 5) is 15.1. The second kappa shape index (κ2) is 9.02. The number of rotatable bonds is 4. The van der Waals surface area contributed by atoms with Crippen molar-refractivity contribution in [3.05, 3.63) is 29.8 Å². The van der Waals surface area contributed by atoms with Crippen LogP contribution in [0.5, 0.6) is 0 Å². The van der Waals surface area contributed by atoms with Gasteiger partial charge in [0, 0.05) is 30.9 Å². The lowest BCUT2D eigenvalue weighted by Crippen LogP contribution is -2.63. The van der Waals surface area contributed by atoms with Gasteiger partial charge in [-0.1, -0.05) is 51.3 Å². The Morgan fingerprint density at radius 3 is 2.68 bits per heavy atom. The third kappa shape index (κ3) is 4.75. The fraction of sp³-hybridized carbons (Fsp3) is 0.650. The van der Waals surface area contributed by atoms with Crippen molar-refractivity contribution in [3.63, 3.8) is 0 Å². The van der Waals surface area contributed by atoms with E-state index in [1.54, 1.807) is 0 Å². The van der Waals surface area contributed by atoms with Crippen molar-refractivity contribution in [1.82, 2.24) is 10.2 Å². The van der Waals surface area contributed by atoms with Gasteiger partial charge in [-0.2, -0.15) is 0 Å². The lowest BCUT2D eigenvalue weighted by atomic mass is 9.79. The SMILES string of the molecule is CC(C)c1ccccc1NC(=O)CN1CCNCC12CCCCC2.Cl. The molecule has 1 heterocycles. The van der Waals surface area contributed by atoms with E-state index in [1.165, 1.54) is 37.7 Å². The Morgan fingerprint density at radius 1 is 1.24 bits per heavy atom. The molecule has 2 fully saturated rings. The van der Waals surface area contributed by atoms with Gasteiger partial charge in [-0.3, -0.25) is 9.69 Å². The summed E-state index contributed by atoms with van der Waals surface area (Å²) in [7, 11) is 0. The van der Waals surface area contributed by atoms with Crippen molar-refractivity contribution in [3.8, 4) is 0 Å². The molecule has 0 aromatic heterocycles. The highest BCUT2D eigenvalue weighted by Crippen LogP contribution is 2.34. The van der Waals surface area contributed by atoms with Gasteiger partial charge in [-0.15, -0.1) is 12.4 Å². The summed E-state index contributed by atoms with van der Waals surface area (Å²) in [5, 5.41) is 6.71. The fourth-order valence-electron chi connectivity index (χ4n) is 4.31. The van der Waals surface area contributed by atoms with E-state index in [-0.39, 0.29) is 23.9 Å². The zero-order valence-corrected chi connectivity index (χ0v) is 16.3. The molecule has 0 radical (unpaired) electrons. The highest BCUT2D eigenvalue weighted by atomic mass is 35.5. The largest absolute Gasteiger partial charge is 0.325 e. The highest BCUT2D eigenvalue weighted by Gasteiger charge is 2.40. The van der Waals surface area contributed by atoms with Crippen LogP contribution in [0.3, 0.4) is 0 Å². The number of halogens is 1. The van der Waals surface area contributed by atoms with Gasteiger partial charge in [0.15, 0.2) is 0 Å². The molecule has 1 saturated carbocycles. The molecule has 0 atom stereocenters. The number of carbonyl (C=O) groups excluding carboxylic acids is 1. The van der Waals surface area contributed by atoms with E-state index < -0.39 is 0 Å². The van der Waals surface area contributed by atoms with E-state index >= 15 is 0 Å². The minimum absolute atomic E-state index is 0. The molecular formula is C20H32ClN3O. The molecular weight excluding hydrogens is 334 g/mol. The maximum absolute atomic E-state index is 12.7. The first kappa shape index (κ1) is 20.2. The molecule has 1 aromatic carbocycles. The maximum atomic E-state index is 12.7. The number of hydrogen-bond acceptors (Lipinski definition) is 3. The highest BCUT2D eigenvalue weighted by molar-refractivity contribution is 5.93. The minimum atomic E-state index is 0. The van der Waals surface area contributed by atoms with Crippen LogP contribution in [0.25, 0.3) is 0 Å². The third-order valence-electron chi connectivity index (χ3n) is 5.66.